The van der Waals surface area contributed by atoms with Gasteiger partial charge in [0.2, 0.25) is 0 Å². The largest absolute Gasteiger partial charge is 0.497 e. The average Bonchev–Trinajstić information content (AvgIpc) is 3.37. The average molecular weight is 412 g/mol. The summed E-state index contributed by atoms with van der Waals surface area (Å²) in [6.07, 6.45) is 0.260. The van der Waals surface area contributed by atoms with Crippen LogP contribution in [-0.2, 0) is 6.42 Å². The predicted octanol–water partition coefficient (Wildman–Crippen LogP) is 3.82. The summed E-state index contributed by atoms with van der Waals surface area (Å²) in [5, 5.41) is 4.88. The Bertz CT molecular complexity index is 1200. The number of aromatic nitrogens is 3. The van der Waals surface area contributed by atoms with Crippen LogP contribution in [0.3, 0.4) is 0 Å². The monoisotopic (exact) mass is 412 g/mol. The summed E-state index contributed by atoms with van der Waals surface area (Å²) < 4.78 is 38.1. The van der Waals surface area contributed by atoms with Crippen LogP contribution < -0.4 is 4.74 Å². The maximum Gasteiger partial charge on any atom is 0.274 e. The number of hydrogen-bond acceptors (Lipinski definition) is 5. The molecule has 4 aromatic rings. The minimum absolute atomic E-state index is 0.162. The van der Waals surface area contributed by atoms with Gasteiger partial charge in [0.25, 0.3) is 11.8 Å². The van der Waals surface area contributed by atoms with Crippen molar-refractivity contribution >= 4 is 16.8 Å². The number of fused-ring (bicyclic) bond motifs is 1. The zero-order chi connectivity index (χ0) is 21.3. The van der Waals surface area contributed by atoms with Gasteiger partial charge in [0, 0.05) is 37.0 Å². The third kappa shape index (κ3) is 3.73. The Balaban J connectivity index is 1.45. The first-order valence-electron chi connectivity index (χ1n) is 9.15. The number of ether oxygens (including phenoxy) is 1. The Hall–Kier alpha value is -3.75. The molecule has 0 radical (unpaired) electrons. The summed E-state index contributed by atoms with van der Waals surface area (Å²) in [5.41, 5.74) is 0.929. The number of halogens is 2. The lowest BCUT2D eigenvalue weighted by Crippen LogP contribution is -2.30. The van der Waals surface area contributed by atoms with Crippen molar-refractivity contribution < 1.29 is 22.8 Å². The van der Waals surface area contributed by atoms with Crippen LogP contribution in [0.15, 0.2) is 47.0 Å². The minimum atomic E-state index is -0.899. The van der Waals surface area contributed by atoms with Gasteiger partial charge in [-0.2, -0.15) is 4.98 Å². The number of methoxy groups -OCH3 is 1. The van der Waals surface area contributed by atoms with Gasteiger partial charge in [-0.3, -0.25) is 4.79 Å². The van der Waals surface area contributed by atoms with Crippen LogP contribution in [0.4, 0.5) is 8.78 Å². The van der Waals surface area contributed by atoms with Gasteiger partial charge in [-0.1, -0.05) is 11.2 Å². The molecule has 0 saturated carbocycles. The molecule has 0 saturated heterocycles. The Morgan fingerprint density at radius 1 is 1.20 bits per heavy atom. The van der Waals surface area contributed by atoms with Crippen LogP contribution in [0, 0.1) is 11.6 Å². The molecule has 2 aromatic carbocycles. The summed E-state index contributed by atoms with van der Waals surface area (Å²) in [5.74, 6) is -1.16. The van der Waals surface area contributed by atoms with E-state index >= 15 is 0 Å². The van der Waals surface area contributed by atoms with Gasteiger partial charge in [-0.05, 0) is 30.3 Å². The molecule has 0 fully saturated rings. The molecule has 0 atom stereocenters. The molecule has 0 bridgehead atoms. The molecule has 1 amide bonds. The second-order valence-corrected chi connectivity index (χ2v) is 6.73. The molecule has 0 aliphatic heterocycles. The molecular weight excluding hydrogens is 394 g/mol. The smallest absolute Gasteiger partial charge is 0.274 e. The summed E-state index contributed by atoms with van der Waals surface area (Å²) in [7, 11) is 3.05. The molecule has 0 aliphatic carbocycles. The molecule has 30 heavy (non-hydrogen) atoms. The lowest BCUT2D eigenvalue weighted by Gasteiger charge is -2.16. The van der Waals surface area contributed by atoms with Crippen molar-refractivity contribution in [2.24, 2.45) is 0 Å². The highest BCUT2D eigenvalue weighted by atomic mass is 19.1. The molecule has 7 nitrogen and oxygen atoms in total. The molecule has 2 aromatic heterocycles. The van der Waals surface area contributed by atoms with Gasteiger partial charge in [-0.25, -0.2) is 8.78 Å². The quantitative estimate of drug-likeness (QED) is 0.521. The van der Waals surface area contributed by atoms with E-state index in [-0.39, 0.29) is 13.0 Å². The van der Waals surface area contributed by atoms with Crippen molar-refractivity contribution in [2.75, 3.05) is 20.7 Å². The molecular formula is C21H18F2N4O3. The van der Waals surface area contributed by atoms with Gasteiger partial charge in [0.15, 0.2) is 5.82 Å². The minimum Gasteiger partial charge on any atom is -0.497 e. The summed E-state index contributed by atoms with van der Waals surface area (Å²) in [6.45, 7) is 0.162. The van der Waals surface area contributed by atoms with Crippen molar-refractivity contribution in [3.63, 3.8) is 0 Å². The van der Waals surface area contributed by atoms with Crippen LogP contribution in [0.25, 0.3) is 22.5 Å². The maximum atomic E-state index is 13.8. The van der Waals surface area contributed by atoms with Crippen molar-refractivity contribution in [1.82, 2.24) is 20.0 Å². The Labute approximate surface area is 170 Å². The number of amides is 1. The number of likely N-dealkylation sites (N-methyl/N-ethyl adjacent to an activating group) is 1. The highest BCUT2D eigenvalue weighted by molar-refractivity contribution is 5.94. The molecule has 2 heterocycles. The summed E-state index contributed by atoms with van der Waals surface area (Å²) >= 11 is 0. The van der Waals surface area contributed by atoms with Crippen molar-refractivity contribution in [2.45, 2.75) is 6.42 Å². The van der Waals surface area contributed by atoms with E-state index < -0.39 is 23.1 Å². The highest BCUT2D eigenvalue weighted by Crippen LogP contribution is 2.26. The van der Waals surface area contributed by atoms with E-state index in [2.05, 4.69) is 15.1 Å². The topological polar surface area (TPSA) is 84.2 Å². The van der Waals surface area contributed by atoms with Gasteiger partial charge < -0.3 is 19.1 Å². The highest BCUT2D eigenvalue weighted by Gasteiger charge is 2.21. The van der Waals surface area contributed by atoms with Crippen LogP contribution in [0.5, 0.6) is 5.75 Å². The van der Waals surface area contributed by atoms with Crippen LogP contribution >= 0.6 is 0 Å². The summed E-state index contributed by atoms with van der Waals surface area (Å²) in [4.78, 5) is 21.1. The van der Waals surface area contributed by atoms with E-state index in [9.17, 15) is 13.6 Å². The zero-order valence-corrected chi connectivity index (χ0v) is 16.3. The molecule has 1 N–H and O–H groups in total. The molecule has 0 unspecified atom stereocenters. The fourth-order valence-corrected chi connectivity index (χ4v) is 3.08. The van der Waals surface area contributed by atoms with E-state index in [0.29, 0.717) is 17.4 Å². The first-order valence-corrected chi connectivity index (χ1v) is 9.15. The SMILES string of the molecule is COc1ccc2cc(-c3nc(CCN(C)C(=O)c4c(F)cccc4F)no3)[nH]c2c1. The first-order chi connectivity index (χ1) is 14.5. The lowest BCUT2D eigenvalue weighted by atomic mass is 10.1. The number of carbonyl (C=O) groups excluding carboxylic acids is 1. The van der Waals surface area contributed by atoms with E-state index in [1.54, 1.807) is 7.11 Å². The number of nitrogens with zero attached hydrogens (tertiary/aromatic N) is 3. The Kier molecular flexibility index (Phi) is 5.18. The number of aromatic amines is 1. The zero-order valence-electron chi connectivity index (χ0n) is 16.3. The number of H-pyrrole nitrogens is 1. The fraction of sp³-hybridized carbons (Fsp3) is 0.190. The van der Waals surface area contributed by atoms with E-state index in [1.165, 1.54) is 18.0 Å². The fourth-order valence-electron chi connectivity index (χ4n) is 3.08. The molecule has 0 spiro atoms. The van der Waals surface area contributed by atoms with Gasteiger partial charge in [-0.15, -0.1) is 0 Å². The van der Waals surface area contributed by atoms with E-state index in [1.807, 2.05) is 24.3 Å². The number of rotatable bonds is 6. The van der Waals surface area contributed by atoms with Crippen molar-refractivity contribution in [3.05, 3.63) is 65.5 Å². The Morgan fingerprint density at radius 2 is 1.97 bits per heavy atom. The third-order valence-corrected chi connectivity index (χ3v) is 4.72. The first kappa shape index (κ1) is 19.6. The number of carbonyl (C=O) groups is 1. The molecule has 4 rings (SSSR count). The normalized spacial score (nSPS) is 11.1. The second kappa shape index (κ2) is 7.94. The lowest BCUT2D eigenvalue weighted by molar-refractivity contribution is 0.0786. The molecule has 154 valence electrons. The van der Waals surface area contributed by atoms with Crippen LogP contribution in [0.1, 0.15) is 16.2 Å². The molecule has 0 aliphatic rings. The number of hydrogen-bond donors (Lipinski definition) is 1. The van der Waals surface area contributed by atoms with Crippen molar-refractivity contribution in [1.29, 1.82) is 0 Å². The predicted molar refractivity (Wildman–Crippen MR) is 105 cm³/mol. The number of benzene rings is 2. The number of nitrogens with one attached hydrogen (secondary N) is 1. The Morgan fingerprint density at radius 3 is 2.70 bits per heavy atom. The standard InChI is InChI=1S/C21H18F2N4O3/c1-27(21(28)19-14(22)4-3-5-15(19)23)9-8-18-25-20(30-26-18)17-10-12-6-7-13(29-2)11-16(12)24-17/h3-7,10-11,24H,8-9H2,1-2H3. The maximum absolute atomic E-state index is 13.8. The van der Waals surface area contributed by atoms with Crippen LogP contribution in [-0.4, -0.2) is 46.6 Å². The molecule has 9 heteroatoms. The van der Waals surface area contributed by atoms with E-state index in [4.69, 9.17) is 9.26 Å². The van der Waals surface area contributed by atoms with Gasteiger partial charge >= 0.3 is 0 Å². The van der Waals surface area contributed by atoms with Crippen molar-refractivity contribution in [3.8, 4) is 17.3 Å². The third-order valence-electron chi connectivity index (χ3n) is 4.72. The van der Waals surface area contributed by atoms with Gasteiger partial charge in [0.05, 0.1) is 7.11 Å². The summed E-state index contributed by atoms with van der Waals surface area (Å²) in [6, 6.07) is 10.8. The van der Waals surface area contributed by atoms with Gasteiger partial charge in [0.1, 0.15) is 28.6 Å². The van der Waals surface area contributed by atoms with Crippen LogP contribution in [0.2, 0.25) is 0 Å². The second-order valence-electron chi connectivity index (χ2n) is 6.73. The van der Waals surface area contributed by atoms with E-state index in [0.717, 1.165) is 28.8 Å².